The van der Waals surface area contributed by atoms with E-state index in [9.17, 15) is 13.2 Å². The summed E-state index contributed by atoms with van der Waals surface area (Å²) in [6.07, 6.45) is -2.27. The molecule has 0 amide bonds. The maximum Gasteiger partial charge on any atom is 0.393 e. The molecule has 120 valence electrons. The van der Waals surface area contributed by atoms with E-state index in [0.717, 1.165) is 18.7 Å². The highest BCUT2D eigenvalue weighted by molar-refractivity contribution is 5.05. The summed E-state index contributed by atoms with van der Waals surface area (Å²) < 4.78 is 43.5. The first-order valence-corrected chi connectivity index (χ1v) is 7.43. The van der Waals surface area contributed by atoms with E-state index in [0.29, 0.717) is 31.8 Å². The Morgan fingerprint density at radius 3 is 3.00 bits per heavy atom. The lowest BCUT2D eigenvalue weighted by Gasteiger charge is -2.32. The molecule has 2 heterocycles. The van der Waals surface area contributed by atoms with Gasteiger partial charge < -0.3 is 9.84 Å². The molecule has 0 bridgehead atoms. The van der Waals surface area contributed by atoms with Gasteiger partial charge in [-0.3, -0.25) is 4.90 Å². The Labute approximate surface area is 122 Å². The van der Waals surface area contributed by atoms with Crippen molar-refractivity contribution >= 4 is 0 Å². The van der Waals surface area contributed by atoms with Crippen molar-refractivity contribution in [2.75, 3.05) is 19.6 Å². The Morgan fingerprint density at radius 1 is 1.48 bits per heavy atom. The van der Waals surface area contributed by atoms with Crippen LogP contribution in [0.4, 0.5) is 13.2 Å². The number of likely N-dealkylation sites (tertiary alicyclic amines) is 1. The zero-order valence-electron chi connectivity index (χ0n) is 12.2. The number of nitrogens with one attached hydrogen (secondary N) is 1. The summed E-state index contributed by atoms with van der Waals surface area (Å²) in [5.74, 6) is -0.592. The molecule has 0 radical (unpaired) electrons. The van der Waals surface area contributed by atoms with Crippen LogP contribution in [0.15, 0.2) is 10.6 Å². The first kappa shape index (κ1) is 16.3. The van der Waals surface area contributed by atoms with E-state index in [1.807, 2.05) is 6.07 Å². The number of rotatable bonds is 6. The summed E-state index contributed by atoms with van der Waals surface area (Å²) in [5.41, 5.74) is 0.794. The van der Waals surface area contributed by atoms with Gasteiger partial charge in [0.1, 0.15) is 0 Å². The third-order valence-corrected chi connectivity index (χ3v) is 3.69. The molecule has 1 N–H and O–H groups in total. The molecule has 0 spiro atoms. The van der Waals surface area contributed by atoms with E-state index in [1.165, 1.54) is 0 Å². The van der Waals surface area contributed by atoms with Gasteiger partial charge in [-0.2, -0.15) is 13.2 Å². The Bertz CT molecular complexity index is 433. The first-order valence-electron chi connectivity index (χ1n) is 7.43. The van der Waals surface area contributed by atoms with Crippen molar-refractivity contribution in [3.8, 4) is 0 Å². The second-order valence-electron chi connectivity index (χ2n) is 5.58. The molecule has 1 atom stereocenters. The number of piperidine rings is 1. The Morgan fingerprint density at radius 2 is 2.29 bits per heavy atom. The van der Waals surface area contributed by atoms with E-state index in [4.69, 9.17) is 4.52 Å². The quantitative estimate of drug-likeness (QED) is 0.821. The average molecular weight is 305 g/mol. The fraction of sp³-hybridized carbons (Fsp3) is 0.786. The van der Waals surface area contributed by atoms with Gasteiger partial charge in [0.2, 0.25) is 0 Å². The molecule has 1 aliphatic rings. The van der Waals surface area contributed by atoms with Crippen molar-refractivity contribution in [1.82, 2.24) is 15.4 Å². The number of aromatic nitrogens is 1. The molecular formula is C14H22F3N3O. The third kappa shape index (κ3) is 5.00. The lowest BCUT2D eigenvalue weighted by Crippen LogP contribution is -2.41. The van der Waals surface area contributed by atoms with E-state index in [1.54, 1.807) is 4.90 Å². The van der Waals surface area contributed by atoms with E-state index >= 15 is 0 Å². The summed E-state index contributed by atoms with van der Waals surface area (Å²) in [7, 11) is 0. The lowest BCUT2D eigenvalue weighted by atomic mass is 9.97. The summed E-state index contributed by atoms with van der Waals surface area (Å²) in [6, 6.07) is 1.82. The smallest absolute Gasteiger partial charge is 0.360 e. The van der Waals surface area contributed by atoms with E-state index < -0.39 is 12.1 Å². The molecule has 1 unspecified atom stereocenters. The van der Waals surface area contributed by atoms with Crippen molar-refractivity contribution in [3.63, 3.8) is 0 Å². The predicted octanol–water partition coefficient (Wildman–Crippen LogP) is 2.95. The number of halogens is 3. The van der Waals surface area contributed by atoms with Crippen LogP contribution in [0.25, 0.3) is 0 Å². The Hall–Kier alpha value is -1.08. The van der Waals surface area contributed by atoms with Crippen LogP contribution in [0.1, 0.15) is 37.6 Å². The van der Waals surface area contributed by atoms with Crippen LogP contribution >= 0.6 is 0 Å². The molecule has 1 aliphatic heterocycles. The van der Waals surface area contributed by atoms with Gasteiger partial charge in [-0.15, -0.1) is 0 Å². The van der Waals surface area contributed by atoms with Crippen LogP contribution in [0, 0.1) is 5.92 Å². The fourth-order valence-corrected chi connectivity index (χ4v) is 2.59. The van der Waals surface area contributed by atoms with Crippen LogP contribution < -0.4 is 5.32 Å². The van der Waals surface area contributed by atoms with Crippen LogP contribution in [0.2, 0.25) is 0 Å². The zero-order chi connectivity index (χ0) is 15.3. The monoisotopic (exact) mass is 305 g/mol. The van der Waals surface area contributed by atoms with Crippen molar-refractivity contribution in [2.45, 2.75) is 45.5 Å². The maximum atomic E-state index is 12.8. The lowest BCUT2D eigenvalue weighted by molar-refractivity contribution is -0.187. The van der Waals surface area contributed by atoms with Gasteiger partial charge in [-0.1, -0.05) is 12.1 Å². The summed E-state index contributed by atoms with van der Waals surface area (Å²) in [4.78, 5) is 1.80. The normalized spacial score (nSPS) is 20.9. The summed E-state index contributed by atoms with van der Waals surface area (Å²) >= 11 is 0. The Kier molecular flexibility index (Phi) is 5.64. The number of hydrogen-bond acceptors (Lipinski definition) is 4. The molecule has 4 nitrogen and oxygen atoms in total. The molecule has 21 heavy (non-hydrogen) atoms. The van der Waals surface area contributed by atoms with Crippen molar-refractivity contribution in [2.24, 2.45) is 5.92 Å². The standard InChI is InChI=1S/C14H22F3N3O/c1-2-5-18-8-12-7-13(21-19-12)10-20-6-3-4-11(9-20)14(15,16)17/h7,11,18H,2-6,8-10H2,1H3. The highest BCUT2D eigenvalue weighted by Crippen LogP contribution is 2.33. The molecule has 1 fully saturated rings. The molecule has 7 heteroatoms. The van der Waals surface area contributed by atoms with Crippen molar-refractivity contribution in [3.05, 3.63) is 17.5 Å². The fourth-order valence-electron chi connectivity index (χ4n) is 2.59. The molecule has 0 aromatic carbocycles. The van der Waals surface area contributed by atoms with Gasteiger partial charge in [0.05, 0.1) is 18.2 Å². The molecule has 2 rings (SSSR count). The SMILES string of the molecule is CCCNCc1cc(CN2CCCC(C(F)(F)F)C2)on1. The van der Waals surface area contributed by atoms with Crippen LogP contribution in [-0.2, 0) is 13.1 Å². The number of nitrogens with zero attached hydrogens (tertiary/aromatic N) is 2. The highest BCUT2D eigenvalue weighted by Gasteiger charge is 2.41. The maximum absolute atomic E-state index is 12.8. The minimum Gasteiger partial charge on any atom is -0.360 e. The van der Waals surface area contributed by atoms with E-state index in [-0.39, 0.29) is 13.0 Å². The summed E-state index contributed by atoms with van der Waals surface area (Å²) in [5, 5.41) is 7.15. The first-order chi connectivity index (χ1) is 9.99. The molecule has 0 saturated carbocycles. The second kappa shape index (κ2) is 7.26. The van der Waals surface area contributed by atoms with Crippen molar-refractivity contribution < 1.29 is 17.7 Å². The van der Waals surface area contributed by atoms with Gasteiger partial charge in [0.25, 0.3) is 0 Å². The average Bonchev–Trinajstić information content (AvgIpc) is 2.86. The van der Waals surface area contributed by atoms with Crippen molar-refractivity contribution in [1.29, 1.82) is 0 Å². The summed E-state index contributed by atoms with van der Waals surface area (Å²) in [6.45, 7) is 4.73. The number of alkyl halides is 3. The van der Waals surface area contributed by atoms with Gasteiger partial charge in [0.15, 0.2) is 5.76 Å². The molecule has 1 aromatic heterocycles. The van der Waals surface area contributed by atoms with Gasteiger partial charge in [-0.25, -0.2) is 0 Å². The predicted molar refractivity (Wildman–Crippen MR) is 72.6 cm³/mol. The molecule has 1 saturated heterocycles. The molecular weight excluding hydrogens is 283 g/mol. The van der Waals surface area contributed by atoms with E-state index in [2.05, 4.69) is 17.4 Å². The second-order valence-corrected chi connectivity index (χ2v) is 5.58. The van der Waals surface area contributed by atoms with Gasteiger partial charge in [-0.05, 0) is 32.4 Å². The third-order valence-electron chi connectivity index (χ3n) is 3.69. The minimum absolute atomic E-state index is 0.0492. The highest BCUT2D eigenvalue weighted by atomic mass is 19.4. The topological polar surface area (TPSA) is 41.3 Å². The van der Waals surface area contributed by atoms with Gasteiger partial charge >= 0.3 is 6.18 Å². The molecule has 1 aromatic rings. The Balaban J connectivity index is 1.84. The van der Waals surface area contributed by atoms with Crippen LogP contribution in [-0.4, -0.2) is 35.9 Å². The largest absolute Gasteiger partial charge is 0.393 e. The minimum atomic E-state index is -4.10. The van der Waals surface area contributed by atoms with Crippen LogP contribution in [0.5, 0.6) is 0 Å². The molecule has 0 aliphatic carbocycles. The van der Waals surface area contributed by atoms with Gasteiger partial charge in [0, 0.05) is 19.2 Å². The van der Waals surface area contributed by atoms with Crippen LogP contribution in [0.3, 0.4) is 0 Å². The number of hydrogen-bond donors (Lipinski definition) is 1. The zero-order valence-corrected chi connectivity index (χ0v) is 12.2.